The number of hydrogen-bond acceptors (Lipinski definition) is 2. The fourth-order valence-electron chi connectivity index (χ4n) is 1.82. The zero-order valence-electron chi connectivity index (χ0n) is 9.28. The summed E-state index contributed by atoms with van der Waals surface area (Å²) in [4.78, 5) is 13.5. The Bertz CT molecular complexity index is 401. The second-order valence-corrected chi connectivity index (χ2v) is 4.03. The van der Waals surface area contributed by atoms with E-state index in [0.717, 1.165) is 17.0 Å². The van der Waals surface area contributed by atoms with Crippen LogP contribution >= 0.6 is 0 Å². The van der Waals surface area contributed by atoms with Crippen LogP contribution in [-0.4, -0.2) is 19.6 Å². The molecular weight excluding hydrogens is 190 g/mol. The summed E-state index contributed by atoms with van der Waals surface area (Å²) in [6, 6.07) is 5.85. The second kappa shape index (κ2) is 3.57. The van der Waals surface area contributed by atoms with Crippen LogP contribution in [0.25, 0.3) is 0 Å². The first-order valence-corrected chi connectivity index (χ1v) is 5.11. The molecule has 0 radical (unpaired) electrons. The lowest BCUT2D eigenvalue weighted by atomic mass is 10.1. The summed E-state index contributed by atoms with van der Waals surface area (Å²) in [5, 5.41) is 0. The molecule has 15 heavy (non-hydrogen) atoms. The van der Waals surface area contributed by atoms with Crippen LogP contribution < -0.4 is 9.64 Å². The predicted octanol–water partition coefficient (Wildman–Crippen LogP) is 1.99. The number of anilines is 1. The molecule has 0 aromatic heterocycles. The summed E-state index contributed by atoms with van der Waals surface area (Å²) in [6.07, 6.45) is 0. The summed E-state index contributed by atoms with van der Waals surface area (Å²) in [5.41, 5.74) is 1.94. The van der Waals surface area contributed by atoms with Crippen molar-refractivity contribution in [2.24, 2.45) is 5.92 Å². The minimum Gasteiger partial charge on any atom is -0.490 e. The van der Waals surface area contributed by atoms with Gasteiger partial charge in [-0.05, 0) is 18.6 Å². The summed E-state index contributed by atoms with van der Waals surface area (Å²) < 4.78 is 5.67. The molecule has 1 aliphatic rings. The minimum absolute atomic E-state index is 0.0817. The van der Waals surface area contributed by atoms with Crippen molar-refractivity contribution in [3.8, 4) is 5.75 Å². The minimum atomic E-state index is -0.0817. The highest BCUT2D eigenvalue weighted by atomic mass is 16.5. The molecule has 1 aromatic carbocycles. The summed E-state index contributed by atoms with van der Waals surface area (Å²) in [6.45, 7) is 4.34. The lowest BCUT2D eigenvalue weighted by Crippen LogP contribution is -2.31. The van der Waals surface area contributed by atoms with Gasteiger partial charge in [0.1, 0.15) is 5.75 Å². The van der Waals surface area contributed by atoms with E-state index in [9.17, 15) is 4.79 Å². The fraction of sp³-hybridized carbons (Fsp3) is 0.417. The van der Waals surface area contributed by atoms with Crippen LogP contribution in [-0.2, 0) is 4.79 Å². The molecule has 0 saturated carbocycles. The smallest absolute Gasteiger partial charge is 0.233 e. The number of hydrogen-bond donors (Lipinski definition) is 0. The van der Waals surface area contributed by atoms with Crippen LogP contribution in [0.15, 0.2) is 18.2 Å². The number of aryl methyl sites for hydroxylation is 1. The van der Waals surface area contributed by atoms with Gasteiger partial charge in [-0.15, -0.1) is 0 Å². The lowest BCUT2D eigenvalue weighted by molar-refractivity contribution is -0.122. The first kappa shape index (κ1) is 10.0. The van der Waals surface area contributed by atoms with E-state index in [0.29, 0.717) is 6.61 Å². The SMILES string of the molecule is Cc1cccc2c1OCC(C)C(=O)N2C. The van der Waals surface area contributed by atoms with Crippen LogP contribution in [0.3, 0.4) is 0 Å². The Morgan fingerprint density at radius 2 is 2.20 bits per heavy atom. The van der Waals surface area contributed by atoms with E-state index in [1.54, 1.807) is 11.9 Å². The molecule has 1 aliphatic heterocycles. The van der Waals surface area contributed by atoms with Gasteiger partial charge >= 0.3 is 0 Å². The largest absolute Gasteiger partial charge is 0.490 e. The van der Waals surface area contributed by atoms with E-state index < -0.39 is 0 Å². The number of rotatable bonds is 0. The average Bonchev–Trinajstić information content (AvgIpc) is 2.33. The molecule has 0 fully saturated rings. The summed E-state index contributed by atoms with van der Waals surface area (Å²) in [5.74, 6) is 0.860. The Morgan fingerprint density at radius 1 is 1.47 bits per heavy atom. The van der Waals surface area contributed by atoms with Gasteiger partial charge in [0, 0.05) is 7.05 Å². The normalized spacial score (nSPS) is 20.6. The fourth-order valence-corrected chi connectivity index (χ4v) is 1.82. The zero-order chi connectivity index (χ0) is 11.0. The number of nitrogens with zero attached hydrogens (tertiary/aromatic N) is 1. The number of ether oxygens (including phenoxy) is 1. The molecule has 1 heterocycles. The van der Waals surface area contributed by atoms with Crippen LogP contribution in [0.4, 0.5) is 5.69 Å². The topological polar surface area (TPSA) is 29.5 Å². The molecule has 3 nitrogen and oxygen atoms in total. The number of carbonyl (C=O) groups is 1. The van der Waals surface area contributed by atoms with Crippen molar-refractivity contribution < 1.29 is 9.53 Å². The Morgan fingerprint density at radius 3 is 2.93 bits per heavy atom. The van der Waals surface area contributed by atoms with Gasteiger partial charge in [-0.25, -0.2) is 0 Å². The molecule has 0 N–H and O–H groups in total. The van der Waals surface area contributed by atoms with E-state index in [1.165, 1.54) is 0 Å². The van der Waals surface area contributed by atoms with Gasteiger partial charge in [0.2, 0.25) is 5.91 Å². The zero-order valence-corrected chi connectivity index (χ0v) is 9.28. The van der Waals surface area contributed by atoms with E-state index in [2.05, 4.69) is 0 Å². The van der Waals surface area contributed by atoms with Gasteiger partial charge in [0.15, 0.2) is 0 Å². The van der Waals surface area contributed by atoms with Crippen molar-refractivity contribution in [2.75, 3.05) is 18.6 Å². The maximum absolute atomic E-state index is 11.9. The highest BCUT2D eigenvalue weighted by molar-refractivity contribution is 5.96. The van der Waals surface area contributed by atoms with Crippen LogP contribution in [0.1, 0.15) is 12.5 Å². The number of para-hydroxylation sites is 1. The standard InChI is InChI=1S/C12H15NO2/c1-8-5-4-6-10-11(8)15-7-9(2)12(14)13(10)3/h4-6,9H,7H2,1-3H3. The van der Waals surface area contributed by atoms with Crippen molar-refractivity contribution in [1.29, 1.82) is 0 Å². The van der Waals surface area contributed by atoms with Crippen molar-refractivity contribution in [3.05, 3.63) is 23.8 Å². The molecule has 0 saturated heterocycles. The Kier molecular flexibility index (Phi) is 2.39. The molecule has 0 aliphatic carbocycles. The second-order valence-electron chi connectivity index (χ2n) is 4.03. The maximum Gasteiger partial charge on any atom is 0.233 e. The van der Waals surface area contributed by atoms with Crippen molar-refractivity contribution in [3.63, 3.8) is 0 Å². The van der Waals surface area contributed by atoms with Gasteiger partial charge in [0.05, 0.1) is 18.2 Å². The van der Waals surface area contributed by atoms with Crippen molar-refractivity contribution in [2.45, 2.75) is 13.8 Å². The van der Waals surface area contributed by atoms with Crippen LogP contribution in [0.2, 0.25) is 0 Å². The average molecular weight is 205 g/mol. The molecule has 0 spiro atoms. The van der Waals surface area contributed by atoms with Gasteiger partial charge in [0.25, 0.3) is 0 Å². The molecule has 1 aromatic rings. The first-order chi connectivity index (χ1) is 7.11. The first-order valence-electron chi connectivity index (χ1n) is 5.11. The third-order valence-corrected chi connectivity index (χ3v) is 2.78. The van der Waals surface area contributed by atoms with Gasteiger partial charge in [-0.3, -0.25) is 4.79 Å². The molecule has 1 unspecified atom stereocenters. The van der Waals surface area contributed by atoms with E-state index in [4.69, 9.17) is 4.74 Å². The molecule has 0 bridgehead atoms. The number of carbonyl (C=O) groups excluding carboxylic acids is 1. The van der Waals surface area contributed by atoms with Crippen molar-refractivity contribution >= 4 is 11.6 Å². The van der Waals surface area contributed by atoms with Crippen LogP contribution in [0.5, 0.6) is 5.75 Å². The number of fused-ring (bicyclic) bond motifs is 1. The van der Waals surface area contributed by atoms with Gasteiger partial charge in [-0.1, -0.05) is 19.1 Å². The van der Waals surface area contributed by atoms with Crippen LogP contribution in [0, 0.1) is 12.8 Å². The maximum atomic E-state index is 11.9. The van der Waals surface area contributed by atoms with Gasteiger partial charge in [-0.2, -0.15) is 0 Å². The molecule has 3 heteroatoms. The Hall–Kier alpha value is -1.51. The molecular formula is C12H15NO2. The highest BCUT2D eigenvalue weighted by Crippen LogP contribution is 2.34. The molecule has 1 amide bonds. The third-order valence-electron chi connectivity index (χ3n) is 2.78. The lowest BCUT2D eigenvalue weighted by Gasteiger charge is -2.18. The monoisotopic (exact) mass is 205 g/mol. The Balaban J connectivity index is 2.52. The van der Waals surface area contributed by atoms with Gasteiger partial charge < -0.3 is 9.64 Å². The highest BCUT2D eigenvalue weighted by Gasteiger charge is 2.26. The van der Waals surface area contributed by atoms with E-state index >= 15 is 0 Å². The predicted molar refractivity (Wildman–Crippen MR) is 59.2 cm³/mol. The third kappa shape index (κ3) is 1.58. The molecule has 1 atom stereocenters. The number of benzene rings is 1. The quantitative estimate of drug-likeness (QED) is 0.648. The summed E-state index contributed by atoms with van der Waals surface area (Å²) >= 11 is 0. The van der Waals surface area contributed by atoms with E-state index in [1.807, 2.05) is 32.0 Å². The van der Waals surface area contributed by atoms with E-state index in [-0.39, 0.29) is 11.8 Å². The molecule has 2 rings (SSSR count). The summed E-state index contributed by atoms with van der Waals surface area (Å²) in [7, 11) is 1.80. The Labute approximate surface area is 89.7 Å². The number of amides is 1. The molecule has 80 valence electrons. The van der Waals surface area contributed by atoms with Crippen molar-refractivity contribution in [1.82, 2.24) is 0 Å².